The number of anilines is 3. The predicted octanol–water partition coefficient (Wildman–Crippen LogP) is 5.06. The lowest BCUT2D eigenvalue weighted by molar-refractivity contribution is -0.142. The van der Waals surface area contributed by atoms with E-state index in [0.29, 0.717) is 58.9 Å². The van der Waals surface area contributed by atoms with Crippen molar-refractivity contribution < 1.29 is 13.9 Å². The zero-order chi connectivity index (χ0) is 28.7. The molecule has 9 nitrogen and oxygen atoms in total. The molecule has 0 bridgehead atoms. The fourth-order valence-electron chi connectivity index (χ4n) is 5.32. The summed E-state index contributed by atoms with van der Waals surface area (Å²) in [5.41, 5.74) is 4.73. The molecule has 1 saturated heterocycles. The third-order valence-electron chi connectivity index (χ3n) is 7.63. The van der Waals surface area contributed by atoms with Crippen LogP contribution in [-0.2, 0) is 9.53 Å². The number of nitrogens with zero attached hydrogens (tertiary/aromatic N) is 6. The number of rotatable bonds is 7. The van der Waals surface area contributed by atoms with Crippen LogP contribution in [0, 0.1) is 24.1 Å². The van der Waals surface area contributed by atoms with Gasteiger partial charge in [-0.3, -0.25) is 4.98 Å². The second kappa shape index (κ2) is 11.0. The molecule has 11 heteroatoms. The molecule has 1 atom stereocenters. The molecule has 6 rings (SSSR count). The Morgan fingerprint density at radius 3 is 2.80 bits per heavy atom. The molecule has 2 aliphatic rings. The first-order valence-corrected chi connectivity index (χ1v) is 14.5. The van der Waals surface area contributed by atoms with Crippen molar-refractivity contribution in [3.63, 3.8) is 0 Å². The van der Waals surface area contributed by atoms with Gasteiger partial charge in [0.25, 0.3) is 0 Å². The predicted molar refractivity (Wildman–Crippen MR) is 157 cm³/mol. The minimum absolute atomic E-state index is 0.288. The Morgan fingerprint density at radius 1 is 1.29 bits per heavy atom. The molecule has 210 valence electrons. The lowest BCUT2D eigenvalue weighted by atomic mass is 10.1. The van der Waals surface area contributed by atoms with Crippen molar-refractivity contribution in [2.75, 3.05) is 43.1 Å². The van der Waals surface area contributed by atoms with Gasteiger partial charge < -0.3 is 19.9 Å². The summed E-state index contributed by atoms with van der Waals surface area (Å²) >= 11 is 1.30. The average Bonchev–Trinajstić information content (AvgIpc) is 3.77. The van der Waals surface area contributed by atoms with E-state index >= 15 is 4.39 Å². The van der Waals surface area contributed by atoms with E-state index in [0.717, 1.165) is 35.5 Å². The van der Waals surface area contributed by atoms with Crippen LogP contribution in [0.4, 0.5) is 20.9 Å². The largest absolute Gasteiger partial charge is 0.467 e. The van der Waals surface area contributed by atoms with Crippen LogP contribution < -0.4 is 15.1 Å². The molecule has 0 radical (unpaired) electrons. The summed E-state index contributed by atoms with van der Waals surface area (Å²) in [5, 5.41) is 14.4. The number of aromatic nitrogens is 3. The number of hydrogen-bond donors (Lipinski definition) is 1. The smallest absolute Gasteiger partial charge is 0.329 e. The van der Waals surface area contributed by atoms with Crippen molar-refractivity contribution >= 4 is 44.7 Å². The Bertz CT molecular complexity index is 1660. The summed E-state index contributed by atoms with van der Waals surface area (Å²) in [6.07, 6.45) is 3.77. The minimum atomic E-state index is -0.571. The standard InChI is InChI=1S/C30H30FN7O2S/c1-4-37(30-36-27(26(14-32)41-30)19-6-5-17(2)34-15-19)24-13-23(18-7-8-18)35-28-21(24)11-20(12-22(28)31)38-10-9-33-16-25(38)29(39)40-3/h5-6,11-13,15,18,25,33H,4,7-10,16H2,1-3H3. The summed E-state index contributed by atoms with van der Waals surface area (Å²) < 4.78 is 20.9. The lowest BCUT2D eigenvalue weighted by Gasteiger charge is -2.36. The number of piperazine rings is 1. The molecule has 2 fully saturated rings. The highest BCUT2D eigenvalue weighted by atomic mass is 32.1. The molecule has 1 unspecified atom stereocenters. The fourth-order valence-corrected chi connectivity index (χ4v) is 6.29. The van der Waals surface area contributed by atoms with Gasteiger partial charge in [-0.2, -0.15) is 5.26 Å². The maximum Gasteiger partial charge on any atom is 0.329 e. The molecule has 3 aromatic heterocycles. The van der Waals surface area contributed by atoms with Crippen molar-refractivity contribution in [3.05, 3.63) is 58.6 Å². The number of carbonyl (C=O) groups excluding carboxylic acids is 1. The number of ether oxygens (including phenoxy) is 1. The molecule has 4 aromatic rings. The van der Waals surface area contributed by atoms with Gasteiger partial charge >= 0.3 is 5.97 Å². The molecule has 0 spiro atoms. The van der Waals surface area contributed by atoms with Crippen LogP contribution in [0.25, 0.3) is 22.2 Å². The van der Waals surface area contributed by atoms with Crippen molar-refractivity contribution in [2.45, 2.75) is 38.6 Å². The third-order valence-corrected chi connectivity index (χ3v) is 8.62. The zero-order valence-electron chi connectivity index (χ0n) is 23.1. The van der Waals surface area contributed by atoms with E-state index in [4.69, 9.17) is 14.7 Å². The van der Waals surface area contributed by atoms with Crippen LogP contribution in [0.2, 0.25) is 0 Å². The molecular weight excluding hydrogens is 541 g/mol. The number of pyridine rings is 2. The second-order valence-electron chi connectivity index (χ2n) is 10.3. The fraction of sp³-hybridized carbons (Fsp3) is 0.367. The molecule has 41 heavy (non-hydrogen) atoms. The van der Waals surface area contributed by atoms with Gasteiger partial charge in [-0.25, -0.2) is 19.2 Å². The third kappa shape index (κ3) is 5.09. The number of nitrogens with one attached hydrogen (secondary N) is 1. The van der Waals surface area contributed by atoms with E-state index in [2.05, 4.69) is 16.4 Å². The topological polar surface area (TPSA) is 107 Å². The Labute approximate surface area is 241 Å². The summed E-state index contributed by atoms with van der Waals surface area (Å²) in [5.74, 6) is -0.518. The lowest BCUT2D eigenvalue weighted by Crippen LogP contribution is -2.55. The van der Waals surface area contributed by atoms with E-state index in [-0.39, 0.29) is 11.5 Å². The van der Waals surface area contributed by atoms with Gasteiger partial charge in [-0.15, -0.1) is 0 Å². The van der Waals surface area contributed by atoms with Crippen LogP contribution in [0.5, 0.6) is 0 Å². The van der Waals surface area contributed by atoms with Crippen LogP contribution in [0.15, 0.2) is 36.5 Å². The first-order chi connectivity index (χ1) is 19.9. The van der Waals surface area contributed by atoms with Crippen molar-refractivity contribution in [2.24, 2.45) is 0 Å². The number of methoxy groups -OCH3 is 1. The van der Waals surface area contributed by atoms with Gasteiger partial charge in [-0.05, 0) is 57.0 Å². The number of nitriles is 1. The number of benzene rings is 1. The monoisotopic (exact) mass is 571 g/mol. The summed E-state index contributed by atoms with van der Waals surface area (Å²) in [6.45, 7) is 6.05. The number of thiazole rings is 1. The number of hydrogen-bond acceptors (Lipinski definition) is 10. The molecule has 1 N–H and O–H groups in total. The van der Waals surface area contributed by atoms with E-state index in [9.17, 15) is 10.1 Å². The normalized spacial score (nSPS) is 17.0. The van der Waals surface area contributed by atoms with Crippen LogP contribution in [0.3, 0.4) is 0 Å². The molecule has 0 amide bonds. The van der Waals surface area contributed by atoms with Crippen molar-refractivity contribution in [1.82, 2.24) is 20.3 Å². The quantitative estimate of drug-likeness (QED) is 0.305. The molecule has 4 heterocycles. The number of aryl methyl sites for hydroxylation is 1. The Morgan fingerprint density at radius 2 is 2.12 bits per heavy atom. The summed E-state index contributed by atoms with van der Waals surface area (Å²) in [6, 6.07) is 10.9. The molecular formula is C30H30FN7O2S. The minimum Gasteiger partial charge on any atom is -0.467 e. The Hall–Kier alpha value is -4.14. The Kier molecular flexibility index (Phi) is 7.28. The molecule has 1 saturated carbocycles. The zero-order valence-corrected chi connectivity index (χ0v) is 24.0. The van der Waals surface area contributed by atoms with Crippen LogP contribution in [0.1, 0.15) is 41.9 Å². The van der Waals surface area contributed by atoms with Gasteiger partial charge in [0.1, 0.15) is 28.2 Å². The number of halogens is 1. The molecule has 1 aromatic carbocycles. The molecule has 1 aliphatic heterocycles. The van der Waals surface area contributed by atoms with Gasteiger partial charge in [-0.1, -0.05) is 11.3 Å². The first-order valence-electron chi connectivity index (χ1n) is 13.7. The van der Waals surface area contributed by atoms with Crippen LogP contribution in [-0.4, -0.2) is 60.3 Å². The maximum atomic E-state index is 15.9. The van der Waals surface area contributed by atoms with E-state index in [1.54, 1.807) is 6.20 Å². The Balaban J connectivity index is 1.51. The average molecular weight is 572 g/mol. The van der Waals surface area contributed by atoms with Gasteiger partial charge in [0.05, 0.1) is 12.8 Å². The van der Waals surface area contributed by atoms with Gasteiger partial charge in [0.15, 0.2) is 10.9 Å². The van der Waals surface area contributed by atoms with Gasteiger partial charge in [0.2, 0.25) is 0 Å². The van der Waals surface area contributed by atoms with Crippen molar-refractivity contribution in [3.8, 4) is 17.3 Å². The maximum absolute atomic E-state index is 15.9. The molecule has 1 aliphatic carbocycles. The highest BCUT2D eigenvalue weighted by Crippen LogP contribution is 2.45. The highest BCUT2D eigenvalue weighted by molar-refractivity contribution is 7.16. The van der Waals surface area contributed by atoms with Crippen molar-refractivity contribution in [1.29, 1.82) is 5.26 Å². The van der Waals surface area contributed by atoms with Crippen LogP contribution >= 0.6 is 11.3 Å². The SMILES string of the molecule is CCN(c1nc(-c2ccc(C)nc2)c(C#N)s1)c1cc(C2CC2)nc2c(F)cc(N3CCNCC3C(=O)OC)cc12. The number of esters is 1. The first kappa shape index (κ1) is 27.1. The number of carbonyl (C=O) groups is 1. The van der Waals surface area contributed by atoms with E-state index in [1.165, 1.54) is 24.5 Å². The van der Waals surface area contributed by atoms with E-state index < -0.39 is 11.9 Å². The summed E-state index contributed by atoms with van der Waals surface area (Å²) in [7, 11) is 1.36. The van der Waals surface area contributed by atoms with Gasteiger partial charge in [0, 0.05) is 66.3 Å². The number of fused-ring (bicyclic) bond motifs is 1. The summed E-state index contributed by atoms with van der Waals surface area (Å²) in [4.78, 5) is 31.0. The highest BCUT2D eigenvalue weighted by Gasteiger charge is 2.32. The second-order valence-corrected chi connectivity index (χ2v) is 11.3. The van der Waals surface area contributed by atoms with E-state index in [1.807, 2.05) is 47.9 Å².